The number of anilines is 2. The average molecular weight is 546 g/mol. The second kappa shape index (κ2) is 11.1. The Morgan fingerprint density at radius 1 is 1.07 bits per heavy atom. The number of aromatic nitrogens is 4. The van der Waals surface area contributed by atoms with Crippen molar-refractivity contribution in [1.82, 2.24) is 24.7 Å². The average Bonchev–Trinajstić information content (AvgIpc) is 3.40. The minimum Gasteiger partial charge on any atom is -0.382 e. The van der Waals surface area contributed by atoms with Crippen LogP contribution in [0.4, 0.5) is 11.6 Å². The lowest BCUT2D eigenvalue weighted by molar-refractivity contribution is -0.115. The molecule has 0 radical (unpaired) electrons. The number of nitrogens with two attached hydrogens (primary N) is 1. The number of carbonyl (C=O) groups is 1. The topological polar surface area (TPSA) is 110 Å². The van der Waals surface area contributed by atoms with Gasteiger partial charge in [0.15, 0.2) is 0 Å². The largest absolute Gasteiger partial charge is 0.382 e. The molecule has 2 aromatic carbocycles. The number of nitrogen functional groups attached to an aromatic ring is 1. The maximum absolute atomic E-state index is 12.9. The van der Waals surface area contributed by atoms with Crippen LogP contribution in [-0.4, -0.2) is 38.3 Å². The number of fused-ring (bicyclic) bond motifs is 2. The SMILES string of the molecule is CNC1CC=C(c2cnc(N)c3c(-c4ccc(CC(=O)Nc5ccccn5)c5ccccc45)nc(C(C)C)n23)CC1. The highest BCUT2D eigenvalue weighted by atomic mass is 16.1. The summed E-state index contributed by atoms with van der Waals surface area (Å²) in [6.07, 6.45) is 9.14. The molecule has 1 atom stereocenters. The fraction of sp³-hybridized carbons (Fsp3) is 0.273. The molecule has 0 bridgehead atoms. The van der Waals surface area contributed by atoms with Crippen molar-refractivity contribution in [2.24, 2.45) is 0 Å². The number of amides is 1. The van der Waals surface area contributed by atoms with Gasteiger partial charge in [0, 0.05) is 23.7 Å². The third-order valence-electron chi connectivity index (χ3n) is 7.93. The zero-order valence-corrected chi connectivity index (χ0v) is 23.7. The number of allylic oxidation sites excluding steroid dienone is 1. The van der Waals surface area contributed by atoms with Gasteiger partial charge in [0.1, 0.15) is 28.7 Å². The highest BCUT2D eigenvalue weighted by Crippen LogP contribution is 2.38. The van der Waals surface area contributed by atoms with Crippen LogP contribution in [0, 0.1) is 0 Å². The fourth-order valence-corrected chi connectivity index (χ4v) is 5.82. The van der Waals surface area contributed by atoms with E-state index in [2.05, 4.69) is 63.1 Å². The highest BCUT2D eigenvalue weighted by Gasteiger charge is 2.25. The summed E-state index contributed by atoms with van der Waals surface area (Å²) in [5, 5.41) is 8.31. The standard InChI is InChI=1S/C33H35N7O/c1-20(2)33-39-30(31-32(34)37-19-27(40(31)33)21-11-14-23(35-3)15-12-21)26-16-13-22(24-8-4-5-9-25(24)26)18-29(41)38-28-10-6-7-17-36-28/h4-11,13,16-17,19-20,23,35H,12,14-15,18H2,1-3H3,(H2,34,37)(H,36,38,41). The number of rotatable bonds is 7. The van der Waals surface area contributed by atoms with Gasteiger partial charge in [-0.15, -0.1) is 0 Å². The summed E-state index contributed by atoms with van der Waals surface area (Å²) in [6.45, 7) is 4.32. The van der Waals surface area contributed by atoms with Gasteiger partial charge in [-0.25, -0.2) is 15.0 Å². The molecule has 0 spiro atoms. The van der Waals surface area contributed by atoms with Gasteiger partial charge in [-0.1, -0.05) is 62.4 Å². The molecule has 0 aliphatic heterocycles. The third-order valence-corrected chi connectivity index (χ3v) is 7.93. The van der Waals surface area contributed by atoms with Crippen LogP contribution in [-0.2, 0) is 11.2 Å². The van der Waals surface area contributed by atoms with Gasteiger partial charge in [0.25, 0.3) is 0 Å². The Morgan fingerprint density at radius 2 is 1.88 bits per heavy atom. The van der Waals surface area contributed by atoms with Crippen molar-refractivity contribution in [2.75, 3.05) is 18.1 Å². The molecule has 4 N–H and O–H groups in total. The van der Waals surface area contributed by atoms with Crippen molar-refractivity contribution in [3.8, 4) is 11.3 Å². The van der Waals surface area contributed by atoms with Gasteiger partial charge >= 0.3 is 0 Å². The zero-order chi connectivity index (χ0) is 28.5. The zero-order valence-electron chi connectivity index (χ0n) is 23.7. The molecule has 3 heterocycles. The van der Waals surface area contributed by atoms with Crippen LogP contribution in [0.15, 0.2) is 73.1 Å². The summed E-state index contributed by atoms with van der Waals surface area (Å²) in [7, 11) is 2.02. The first-order valence-corrected chi connectivity index (χ1v) is 14.2. The van der Waals surface area contributed by atoms with Crippen molar-refractivity contribution in [2.45, 2.75) is 51.5 Å². The quantitative estimate of drug-likeness (QED) is 0.232. The second-order valence-corrected chi connectivity index (χ2v) is 10.9. The first-order chi connectivity index (χ1) is 19.9. The second-order valence-electron chi connectivity index (χ2n) is 10.9. The van der Waals surface area contributed by atoms with Crippen LogP contribution in [0.2, 0.25) is 0 Å². The first kappa shape index (κ1) is 26.7. The summed E-state index contributed by atoms with van der Waals surface area (Å²) in [5.74, 6) is 2.01. The number of hydrogen-bond donors (Lipinski definition) is 3. The lowest BCUT2D eigenvalue weighted by Crippen LogP contribution is -2.26. The van der Waals surface area contributed by atoms with Crippen molar-refractivity contribution in [3.63, 3.8) is 0 Å². The molecule has 1 unspecified atom stereocenters. The number of benzene rings is 2. The molecule has 8 nitrogen and oxygen atoms in total. The number of nitrogens with zero attached hydrogens (tertiary/aromatic N) is 4. The molecule has 8 heteroatoms. The van der Waals surface area contributed by atoms with E-state index in [1.165, 1.54) is 5.57 Å². The summed E-state index contributed by atoms with van der Waals surface area (Å²) < 4.78 is 2.22. The lowest BCUT2D eigenvalue weighted by atomic mass is 9.93. The van der Waals surface area contributed by atoms with E-state index in [4.69, 9.17) is 10.7 Å². The third kappa shape index (κ3) is 5.07. The molecule has 0 saturated carbocycles. The molecule has 208 valence electrons. The van der Waals surface area contributed by atoms with Gasteiger partial charge in [-0.05, 0) is 60.4 Å². The molecule has 41 heavy (non-hydrogen) atoms. The summed E-state index contributed by atoms with van der Waals surface area (Å²) in [5.41, 5.74) is 12.5. The van der Waals surface area contributed by atoms with Crippen LogP contribution in [0.5, 0.6) is 0 Å². The van der Waals surface area contributed by atoms with Crippen LogP contribution in [0.1, 0.15) is 56.1 Å². The molecule has 1 amide bonds. The summed E-state index contributed by atoms with van der Waals surface area (Å²) in [4.78, 5) is 27.0. The van der Waals surface area contributed by atoms with E-state index in [1.54, 1.807) is 12.3 Å². The number of carbonyl (C=O) groups excluding carboxylic acids is 1. The number of imidazole rings is 1. The maximum Gasteiger partial charge on any atom is 0.229 e. The van der Waals surface area contributed by atoms with E-state index >= 15 is 0 Å². The van der Waals surface area contributed by atoms with E-state index in [0.29, 0.717) is 17.7 Å². The minimum atomic E-state index is -0.115. The highest BCUT2D eigenvalue weighted by molar-refractivity contribution is 6.04. The molecule has 0 fully saturated rings. The monoisotopic (exact) mass is 545 g/mol. The van der Waals surface area contributed by atoms with Crippen LogP contribution < -0.4 is 16.4 Å². The Balaban J connectivity index is 1.47. The van der Waals surface area contributed by atoms with Crippen molar-refractivity contribution >= 4 is 39.4 Å². The van der Waals surface area contributed by atoms with Crippen LogP contribution in [0.3, 0.4) is 0 Å². The van der Waals surface area contributed by atoms with Gasteiger partial charge < -0.3 is 16.4 Å². The Morgan fingerprint density at radius 3 is 2.59 bits per heavy atom. The van der Waals surface area contributed by atoms with E-state index in [-0.39, 0.29) is 18.2 Å². The predicted molar refractivity (Wildman–Crippen MR) is 166 cm³/mol. The van der Waals surface area contributed by atoms with E-state index in [1.807, 2.05) is 43.6 Å². The molecule has 1 aliphatic rings. The first-order valence-electron chi connectivity index (χ1n) is 14.2. The Hall–Kier alpha value is -4.56. The normalized spacial score (nSPS) is 15.4. The van der Waals surface area contributed by atoms with Gasteiger partial charge in [-0.3, -0.25) is 9.20 Å². The molecule has 0 saturated heterocycles. The summed E-state index contributed by atoms with van der Waals surface area (Å²) in [6, 6.07) is 18.2. The maximum atomic E-state index is 12.9. The lowest BCUT2D eigenvalue weighted by Gasteiger charge is -2.22. The van der Waals surface area contributed by atoms with Crippen LogP contribution in [0.25, 0.3) is 33.1 Å². The fourth-order valence-electron chi connectivity index (χ4n) is 5.82. The number of nitrogens with one attached hydrogen (secondary N) is 2. The Kier molecular flexibility index (Phi) is 7.24. The Labute approximate surface area is 239 Å². The van der Waals surface area contributed by atoms with Gasteiger partial charge in [0.2, 0.25) is 5.91 Å². The van der Waals surface area contributed by atoms with E-state index < -0.39 is 0 Å². The van der Waals surface area contributed by atoms with Gasteiger partial charge in [0.05, 0.1) is 18.3 Å². The molecular formula is C33H35N7O. The predicted octanol–water partition coefficient (Wildman–Crippen LogP) is 5.99. The molecule has 1 aliphatic carbocycles. The minimum absolute atomic E-state index is 0.115. The number of pyridine rings is 1. The van der Waals surface area contributed by atoms with Crippen molar-refractivity contribution in [1.29, 1.82) is 0 Å². The molecule has 6 rings (SSSR count). The molecule has 5 aromatic rings. The molecular weight excluding hydrogens is 510 g/mol. The molecule has 3 aromatic heterocycles. The van der Waals surface area contributed by atoms with Crippen molar-refractivity contribution < 1.29 is 4.79 Å². The van der Waals surface area contributed by atoms with Crippen molar-refractivity contribution in [3.05, 3.63) is 90.1 Å². The van der Waals surface area contributed by atoms with Gasteiger partial charge in [-0.2, -0.15) is 0 Å². The van der Waals surface area contributed by atoms with Crippen LogP contribution >= 0.6 is 0 Å². The van der Waals surface area contributed by atoms with E-state index in [9.17, 15) is 4.79 Å². The Bertz CT molecular complexity index is 1770. The van der Waals surface area contributed by atoms with E-state index in [0.717, 1.165) is 63.9 Å². The summed E-state index contributed by atoms with van der Waals surface area (Å²) >= 11 is 0. The number of hydrogen-bond acceptors (Lipinski definition) is 6. The smallest absolute Gasteiger partial charge is 0.229 e.